The van der Waals surface area contributed by atoms with Crippen LogP contribution in [0.3, 0.4) is 0 Å². The molecular weight excluding hydrogens is 262 g/mol. The second kappa shape index (κ2) is 6.58. The van der Waals surface area contributed by atoms with Crippen molar-refractivity contribution in [3.63, 3.8) is 0 Å². The third-order valence-corrected chi connectivity index (χ3v) is 4.40. The normalized spacial score (nSPS) is 17.6. The molecule has 1 amide bonds. The van der Waals surface area contributed by atoms with E-state index in [1.807, 2.05) is 25.1 Å². The van der Waals surface area contributed by atoms with Gasteiger partial charge < -0.3 is 11.1 Å². The van der Waals surface area contributed by atoms with E-state index in [0.29, 0.717) is 5.92 Å². The zero-order chi connectivity index (χ0) is 15.5. The molecule has 116 valence electrons. The molecule has 1 saturated carbocycles. The van der Waals surface area contributed by atoms with E-state index < -0.39 is 5.54 Å². The number of carbonyl (C=O) groups is 1. The van der Waals surface area contributed by atoms with Crippen LogP contribution in [0.2, 0.25) is 0 Å². The number of nitrogens with two attached hydrogens (primary N) is 1. The van der Waals surface area contributed by atoms with Crippen LogP contribution in [0.4, 0.5) is 5.69 Å². The first kappa shape index (κ1) is 16.0. The standard InChI is InChI=1S/C17H27N3O/c1-4-20(5-2)12-13-7-6-8-15(11-13)19-16(21)17(3,18)14-9-10-14/h6-8,11,14H,4-5,9-10,12,18H2,1-3H3,(H,19,21). The van der Waals surface area contributed by atoms with E-state index in [0.717, 1.165) is 38.2 Å². The average Bonchev–Trinajstić information content (AvgIpc) is 3.30. The molecule has 1 unspecified atom stereocenters. The number of anilines is 1. The van der Waals surface area contributed by atoms with Gasteiger partial charge in [-0.05, 0) is 56.5 Å². The van der Waals surface area contributed by atoms with Gasteiger partial charge in [0.2, 0.25) is 5.91 Å². The molecule has 1 aliphatic rings. The molecule has 1 aromatic carbocycles. The number of hydrogen-bond donors (Lipinski definition) is 2. The lowest BCUT2D eigenvalue weighted by Crippen LogP contribution is -2.50. The van der Waals surface area contributed by atoms with E-state index >= 15 is 0 Å². The minimum Gasteiger partial charge on any atom is -0.324 e. The molecule has 0 spiro atoms. The molecule has 2 rings (SSSR count). The molecule has 1 fully saturated rings. The van der Waals surface area contributed by atoms with Gasteiger partial charge in [0.25, 0.3) is 0 Å². The van der Waals surface area contributed by atoms with Crippen LogP contribution in [0, 0.1) is 5.92 Å². The summed E-state index contributed by atoms with van der Waals surface area (Å²) in [6.45, 7) is 9.10. The zero-order valence-electron chi connectivity index (χ0n) is 13.4. The van der Waals surface area contributed by atoms with E-state index in [1.54, 1.807) is 0 Å². The lowest BCUT2D eigenvalue weighted by molar-refractivity contribution is -0.121. The number of rotatable bonds is 7. The van der Waals surface area contributed by atoms with E-state index in [9.17, 15) is 4.79 Å². The Labute approximate surface area is 127 Å². The molecule has 0 heterocycles. The minimum absolute atomic E-state index is 0.0787. The van der Waals surface area contributed by atoms with E-state index in [4.69, 9.17) is 5.73 Å². The first-order valence-corrected chi connectivity index (χ1v) is 7.89. The molecule has 0 saturated heterocycles. The smallest absolute Gasteiger partial charge is 0.244 e. The SMILES string of the molecule is CCN(CC)Cc1cccc(NC(=O)C(C)(N)C2CC2)c1. The Balaban J connectivity index is 2.02. The number of benzene rings is 1. The Morgan fingerprint density at radius 1 is 1.38 bits per heavy atom. The second-order valence-corrected chi connectivity index (χ2v) is 6.17. The van der Waals surface area contributed by atoms with E-state index in [2.05, 4.69) is 30.1 Å². The molecule has 4 heteroatoms. The highest BCUT2D eigenvalue weighted by Gasteiger charge is 2.44. The summed E-state index contributed by atoms with van der Waals surface area (Å²) in [6, 6.07) is 8.04. The molecule has 0 radical (unpaired) electrons. The molecule has 0 aliphatic heterocycles. The maximum absolute atomic E-state index is 12.3. The largest absolute Gasteiger partial charge is 0.324 e. The summed E-state index contributed by atoms with van der Waals surface area (Å²) >= 11 is 0. The Hall–Kier alpha value is -1.39. The summed E-state index contributed by atoms with van der Waals surface area (Å²) in [7, 11) is 0. The van der Waals surface area contributed by atoms with Crippen molar-refractivity contribution in [2.45, 2.75) is 45.7 Å². The molecular formula is C17H27N3O. The van der Waals surface area contributed by atoms with Crippen molar-refractivity contribution in [1.82, 2.24) is 4.90 Å². The zero-order valence-corrected chi connectivity index (χ0v) is 13.4. The monoisotopic (exact) mass is 289 g/mol. The number of nitrogens with zero attached hydrogens (tertiary/aromatic N) is 1. The highest BCUT2D eigenvalue weighted by atomic mass is 16.2. The number of nitrogens with one attached hydrogen (secondary N) is 1. The Bertz CT molecular complexity index is 491. The summed E-state index contributed by atoms with van der Waals surface area (Å²) in [5, 5.41) is 2.97. The maximum Gasteiger partial charge on any atom is 0.244 e. The van der Waals surface area contributed by atoms with Crippen LogP contribution in [-0.2, 0) is 11.3 Å². The van der Waals surface area contributed by atoms with Gasteiger partial charge in [-0.15, -0.1) is 0 Å². The predicted octanol–water partition coefficient (Wildman–Crippen LogP) is 2.59. The summed E-state index contributed by atoms with van der Waals surface area (Å²) in [6.07, 6.45) is 2.12. The average molecular weight is 289 g/mol. The van der Waals surface area contributed by atoms with Crippen LogP contribution in [0.5, 0.6) is 0 Å². The molecule has 0 aromatic heterocycles. The van der Waals surface area contributed by atoms with Gasteiger partial charge in [-0.2, -0.15) is 0 Å². The van der Waals surface area contributed by atoms with Gasteiger partial charge in [0.1, 0.15) is 0 Å². The van der Waals surface area contributed by atoms with Crippen LogP contribution in [-0.4, -0.2) is 29.4 Å². The third kappa shape index (κ3) is 4.05. The minimum atomic E-state index is -0.755. The fourth-order valence-electron chi connectivity index (χ4n) is 2.59. The van der Waals surface area contributed by atoms with Crippen molar-refractivity contribution in [3.8, 4) is 0 Å². The van der Waals surface area contributed by atoms with Gasteiger partial charge in [0, 0.05) is 12.2 Å². The van der Waals surface area contributed by atoms with Crippen molar-refractivity contribution < 1.29 is 4.79 Å². The second-order valence-electron chi connectivity index (χ2n) is 6.17. The summed E-state index contributed by atoms with van der Waals surface area (Å²) < 4.78 is 0. The van der Waals surface area contributed by atoms with Crippen molar-refractivity contribution in [2.24, 2.45) is 11.7 Å². The first-order valence-electron chi connectivity index (χ1n) is 7.89. The summed E-state index contributed by atoms with van der Waals surface area (Å²) in [4.78, 5) is 14.7. The van der Waals surface area contributed by atoms with E-state index in [-0.39, 0.29) is 5.91 Å². The lowest BCUT2D eigenvalue weighted by atomic mass is 9.96. The number of hydrogen-bond acceptors (Lipinski definition) is 3. The van der Waals surface area contributed by atoms with Crippen LogP contribution >= 0.6 is 0 Å². The quantitative estimate of drug-likeness (QED) is 0.811. The fraction of sp³-hybridized carbons (Fsp3) is 0.588. The maximum atomic E-state index is 12.3. The van der Waals surface area contributed by atoms with E-state index in [1.165, 1.54) is 5.56 Å². The molecule has 1 atom stereocenters. The summed E-state index contributed by atoms with van der Waals surface area (Å²) in [5.41, 5.74) is 7.44. The third-order valence-electron chi connectivity index (χ3n) is 4.40. The highest BCUT2D eigenvalue weighted by molar-refractivity contribution is 5.98. The van der Waals surface area contributed by atoms with Gasteiger partial charge >= 0.3 is 0 Å². The Morgan fingerprint density at radius 3 is 2.62 bits per heavy atom. The summed E-state index contributed by atoms with van der Waals surface area (Å²) in [5.74, 6) is 0.251. The van der Waals surface area contributed by atoms with Crippen molar-refractivity contribution in [3.05, 3.63) is 29.8 Å². The molecule has 0 bridgehead atoms. The van der Waals surface area contributed by atoms with Gasteiger partial charge in [-0.1, -0.05) is 26.0 Å². The van der Waals surface area contributed by atoms with Crippen molar-refractivity contribution in [1.29, 1.82) is 0 Å². The van der Waals surface area contributed by atoms with Crippen LogP contribution in [0.25, 0.3) is 0 Å². The molecule has 3 N–H and O–H groups in total. The molecule has 1 aromatic rings. The number of carbonyl (C=O) groups excluding carboxylic acids is 1. The highest BCUT2D eigenvalue weighted by Crippen LogP contribution is 2.38. The van der Waals surface area contributed by atoms with Gasteiger partial charge in [0.05, 0.1) is 5.54 Å². The number of amides is 1. The fourth-order valence-corrected chi connectivity index (χ4v) is 2.59. The van der Waals surface area contributed by atoms with Gasteiger partial charge in [-0.3, -0.25) is 9.69 Å². The van der Waals surface area contributed by atoms with Crippen LogP contribution in [0.1, 0.15) is 39.2 Å². The Morgan fingerprint density at radius 2 is 2.05 bits per heavy atom. The topological polar surface area (TPSA) is 58.4 Å². The molecule has 21 heavy (non-hydrogen) atoms. The van der Waals surface area contributed by atoms with Crippen LogP contribution in [0.15, 0.2) is 24.3 Å². The Kier molecular flexibility index (Phi) is 5.01. The first-order chi connectivity index (χ1) is 9.97. The van der Waals surface area contributed by atoms with Crippen molar-refractivity contribution >= 4 is 11.6 Å². The molecule has 4 nitrogen and oxygen atoms in total. The predicted molar refractivity (Wildman–Crippen MR) is 87.0 cm³/mol. The van der Waals surface area contributed by atoms with Crippen molar-refractivity contribution in [2.75, 3.05) is 18.4 Å². The lowest BCUT2D eigenvalue weighted by Gasteiger charge is -2.23. The van der Waals surface area contributed by atoms with Crippen LogP contribution < -0.4 is 11.1 Å². The van der Waals surface area contributed by atoms with Gasteiger partial charge in [0.15, 0.2) is 0 Å². The molecule has 1 aliphatic carbocycles. The van der Waals surface area contributed by atoms with Gasteiger partial charge in [-0.25, -0.2) is 0 Å².